The van der Waals surface area contributed by atoms with Gasteiger partial charge in [-0.1, -0.05) is 48.5 Å². The highest BCUT2D eigenvalue weighted by Crippen LogP contribution is 2.29. The number of anilines is 2. The van der Waals surface area contributed by atoms with Crippen LogP contribution >= 0.6 is 0 Å². The van der Waals surface area contributed by atoms with Gasteiger partial charge in [0.05, 0.1) is 0 Å². The molecule has 2 amide bonds. The number of nitrogens with one attached hydrogen (secondary N) is 1. The standard InChI is InChI=1S/C27H26N4O3/c28-27(33)20-13-15-31(16-14-20)24-12-11-19-7-4-10-23(26(19)30-24)34-17-25(32)29-22-9-3-6-18-5-1-2-8-21(18)22/h1-12,20H,13-17H2,(H2,28,33)(H,29,32). The molecule has 0 saturated carbocycles. The van der Waals surface area contributed by atoms with E-state index in [2.05, 4.69) is 10.2 Å². The first-order valence-corrected chi connectivity index (χ1v) is 11.4. The first-order chi connectivity index (χ1) is 16.6. The van der Waals surface area contributed by atoms with Crippen molar-refractivity contribution in [2.24, 2.45) is 11.7 Å². The Morgan fingerprint density at radius 3 is 2.50 bits per heavy atom. The maximum Gasteiger partial charge on any atom is 0.262 e. The number of benzene rings is 3. The SMILES string of the molecule is NC(=O)C1CCN(c2ccc3cccc(OCC(=O)Nc4cccc5ccccc45)c3n2)CC1. The number of amides is 2. The summed E-state index contributed by atoms with van der Waals surface area (Å²) >= 11 is 0. The smallest absolute Gasteiger partial charge is 0.262 e. The number of para-hydroxylation sites is 1. The van der Waals surface area contributed by atoms with Gasteiger partial charge in [0.15, 0.2) is 6.61 Å². The molecular weight excluding hydrogens is 428 g/mol. The number of nitrogens with two attached hydrogens (primary N) is 1. The maximum absolute atomic E-state index is 12.7. The van der Waals surface area contributed by atoms with E-state index in [1.165, 1.54) is 0 Å². The van der Waals surface area contributed by atoms with Crippen molar-refractivity contribution in [3.05, 3.63) is 72.8 Å². The van der Waals surface area contributed by atoms with Gasteiger partial charge in [-0.2, -0.15) is 0 Å². The lowest BCUT2D eigenvalue weighted by atomic mass is 9.96. The van der Waals surface area contributed by atoms with Crippen LogP contribution in [0.25, 0.3) is 21.7 Å². The molecule has 1 aromatic heterocycles. The van der Waals surface area contributed by atoms with Crippen LogP contribution in [0, 0.1) is 5.92 Å². The third kappa shape index (κ3) is 4.50. The number of hydrogen-bond acceptors (Lipinski definition) is 5. The molecule has 1 fully saturated rings. The summed E-state index contributed by atoms with van der Waals surface area (Å²) in [4.78, 5) is 31.1. The number of carbonyl (C=O) groups excluding carboxylic acids is 2. The molecule has 34 heavy (non-hydrogen) atoms. The van der Waals surface area contributed by atoms with E-state index in [0.717, 1.165) is 53.6 Å². The number of hydrogen-bond donors (Lipinski definition) is 2. The number of primary amides is 1. The van der Waals surface area contributed by atoms with Gasteiger partial charge in [0.25, 0.3) is 5.91 Å². The molecule has 5 rings (SSSR count). The molecule has 1 saturated heterocycles. The van der Waals surface area contributed by atoms with E-state index in [1.54, 1.807) is 0 Å². The highest BCUT2D eigenvalue weighted by molar-refractivity contribution is 6.02. The van der Waals surface area contributed by atoms with E-state index in [-0.39, 0.29) is 24.3 Å². The van der Waals surface area contributed by atoms with Crippen LogP contribution in [0.1, 0.15) is 12.8 Å². The summed E-state index contributed by atoms with van der Waals surface area (Å²) in [5.41, 5.74) is 6.91. The Kier molecular flexibility index (Phi) is 5.99. The third-order valence-corrected chi connectivity index (χ3v) is 6.31. The van der Waals surface area contributed by atoms with Crippen molar-refractivity contribution in [1.29, 1.82) is 0 Å². The molecule has 172 valence electrons. The van der Waals surface area contributed by atoms with Crippen molar-refractivity contribution < 1.29 is 14.3 Å². The summed E-state index contributed by atoms with van der Waals surface area (Å²) in [6.45, 7) is 1.32. The maximum atomic E-state index is 12.7. The molecular formula is C27H26N4O3. The van der Waals surface area contributed by atoms with Crippen molar-refractivity contribution >= 4 is 45.0 Å². The van der Waals surface area contributed by atoms with Crippen LogP contribution in [0.15, 0.2) is 72.8 Å². The van der Waals surface area contributed by atoms with Gasteiger partial charge in [0.2, 0.25) is 5.91 Å². The van der Waals surface area contributed by atoms with Gasteiger partial charge < -0.3 is 20.7 Å². The summed E-state index contributed by atoms with van der Waals surface area (Å²) < 4.78 is 5.90. The molecule has 7 nitrogen and oxygen atoms in total. The van der Waals surface area contributed by atoms with Crippen LogP contribution in [0.3, 0.4) is 0 Å². The Morgan fingerprint density at radius 2 is 1.68 bits per heavy atom. The molecule has 0 aliphatic carbocycles. The van der Waals surface area contributed by atoms with Gasteiger partial charge in [0, 0.05) is 35.5 Å². The van der Waals surface area contributed by atoms with E-state index in [9.17, 15) is 9.59 Å². The van der Waals surface area contributed by atoms with E-state index < -0.39 is 0 Å². The Labute approximate surface area is 197 Å². The number of pyridine rings is 1. The summed E-state index contributed by atoms with van der Waals surface area (Å²) in [6.07, 6.45) is 1.45. The molecule has 1 aliphatic heterocycles. The number of rotatable bonds is 6. The Balaban J connectivity index is 1.30. The minimum atomic E-state index is -0.238. The van der Waals surface area contributed by atoms with E-state index in [4.69, 9.17) is 15.5 Å². The van der Waals surface area contributed by atoms with Crippen LogP contribution in [-0.4, -0.2) is 36.5 Å². The van der Waals surface area contributed by atoms with Crippen molar-refractivity contribution in [3.63, 3.8) is 0 Å². The highest BCUT2D eigenvalue weighted by atomic mass is 16.5. The van der Waals surface area contributed by atoms with Gasteiger partial charge in [-0.05, 0) is 42.5 Å². The van der Waals surface area contributed by atoms with Crippen LogP contribution in [-0.2, 0) is 9.59 Å². The third-order valence-electron chi connectivity index (χ3n) is 6.31. The molecule has 0 unspecified atom stereocenters. The zero-order chi connectivity index (χ0) is 23.5. The minimum absolute atomic E-state index is 0.0733. The number of aromatic nitrogens is 1. The largest absolute Gasteiger partial charge is 0.481 e. The Morgan fingerprint density at radius 1 is 0.941 bits per heavy atom. The number of nitrogens with zero attached hydrogens (tertiary/aromatic N) is 2. The summed E-state index contributed by atoms with van der Waals surface area (Å²) in [5.74, 6) is 0.837. The molecule has 0 spiro atoms. The van der Waals surface area contributed by atoms with Crippen LogP contribution in [0.4, 0.5) is 11.5 Å². The zero-order valence-electron chi connectivity index (χ0n) is 18.7. The Bertz CT molecular complexity index is 1360. The number of carbonyl (C=O) groups is 2. The normalized spacial score (nSPS) is 14.3. The zero-order valence-corrected chi connectivity index (χ0v) is 18.7. The summed E-state index contributed by atoms with van der Waals surface area (Å²) in [5, 5.41) is 5.93. The molecule has 0 radical (unpaired) electrons. The first kappa shape index (κ1) is 21.7. The lowest BCUT2D eigenvalue weighted by Crippen LogP contribution is -2.38. The fraction of sp³-hybridized carbons (Fsp3) is 0.222. The predicted molar refractivity (Wildman–Crippen MR) is 134 cm³/mol. The van der Waals surface area contributed by atoms with Gasteiger partial charge >= 0.3 is 0 Å². The lowest BCUT2D eigenvalue weighted by molar-refractivity contribution is -0.122. The first-order valence-electron chi connectivity index (χ1n) is 11.4. The van der Waals surface area contributed by atoms with Crippen molar-refractivity contribution in [3.8, 4) is 5.75 Å². The average molecular weight is 455 g/mol. The molecule has 0 atom stereocenters. The summed E-state index contributed by atoms with van der Waals surface area (Å²) in [6, 6.07) is 23.4. The van der Waals surface area contributed by atoms with Crippen LogP contribution < -0.4 is 20.7 Å². The highest BCUT2D eigenvalue weighted by Gasteiger charge is 2.24. The van der Waals surface area contributed by atoms with Crippen LogP contribution in [0.2, 0.25) is 0 Å². The minimum Gasteiger partial charge on any atom is -0.481 e. The fourth-order valence-corrected chi connectivity index (χ4v) is 4.46. The van der Waals surface area contributed by atoms with Crippen molar-refractivity contribution in [2.45, 2.75) is 12.8 Å². The monoisotopic (exact) mass is 454 g/mol. The lowest BCUT2D eigenvalue weighted by Gasteiger charge is -2.31. The number of piperidine rings is 1. The van der Waals surface area contributed by atoms with Crippen molar-refractivity contribution in [2.75, 3.05) is 29.9 Å². The average Bonchev–Trinajstić information content (AvgIpc) is 2.87. The predicted octanol–water partition coefficient (Wildman–Crippen LogP) is 4.11. The van der Waals surface area contributed by atoms with Gasteiger partial charge in [-0.15, -0.1) is 0 Å². The van der Waals surface area contributed by atoms with E-state index in [1.807, 2.05) is 72.8 Å². The molecule has 1 aliphatic rings. The molecule has 4 aromatic rings. The van der Waals surface area contributed by atoms with Gasteiger partial charge in [0.1, 0.15) is 17.1 Å². The quantitative estimate of drug-likeness (QED) is 0.457. The van der Waals surface area contributed by atoms with Gasteiger partial charge in [-0.3, -0.25) is 9.59 Å². The molecule has 7 heteroatoms. The van der Waals surface area contributed by atoms with Crippen LogP contribution in [0.5, 0.6) is 5.75 Å². The molecule has 2 heterocycles. The number of ether oxygens (including phenoxy) is 1. The van der Waals surface area contributed by atoms with E-state index >= 15 is 0 Å². The van der Waals surface area contributed by atoms with Crippen molar-refractivity contribution in [1.82, 2.24) is 4.98 Å². The second-order valence-electron chi connectivity index (χ2n) is 8.52. The number of fused-ring (bicyclic) bond motifs is 2. The molecule has 3 aromatic carbocycles. The Hall–Kier alpha value is -4.13. The molecule has 3 N–H and O–H groups in total. The topological polar surface area (TPSA) is 97.5 Å². The summed E-state index contributed by atoms with van der Waals surface area (Å²) in [7, 11) is 0. The van der Waals surface area contributed by atoms with Gasteiger partial charge in [-0.25, -0.2) is 4.98 Å². The second kappa shape index (κ2) is 9.39. The van der Waals surface area contributed by atoms with E-state index in [0.29, 0.717) is 11.3 Å². The molecule has 0 bridgehead atoms. The second-order valence-corrected chi connectivity index (χ2v) is 8.52. The fourth-order valence-electron chi connectivity index (χ4n) is 4.46.